The summed E-state index contributed by atoms with van der Waals surface area (Å²) >= 11 is 1.88. The van der Waals surface area contributed by atoms with E-state index in [4.69, 9.17) is 4.42 Å². The molecule has 2 nitrogen and oxygen atoms in total. The highest BCUT2D eigenvalue weighted by Crippen LogP contribution is 2.42. The summed E-state index contributed by atoms with van der Waals surface area (Å²) in [6.07, 6.45) is 0. The van der Waals surface area contributed by atoms with Crippen molar-refractivity contribution in [2.24, 2.45) is 0 Å². The first kappa shape index (κ1) is 30.0. The topological polar surface area (TPSA) is 16.4 Å². The molecule has 0 aliphatic carbocycles. The summed E-state index contributed by atoms with van der Waals surface area (Å²) in [5, 5.41) is 9.98. The molecule has 0 N–H and O–H groups in total. The zero-order valence-electron chi connectivity index (χ0n) is 28.7. The van der Waals surface area contributed by atoms with Crippen molar-refractivity contribution in [1.29, 1.82) is 0 Å². The van der Waals surface area contributed by atoms with Gasteiger partial charge in [0.15, 0.2) is 0 Å². The van der Waals surface area contributed by atoms with Crippen LogP contribution in [-0.2, 0) is 0 Å². The van der Waals surface area contributed by atoms with Gasteiger partial charge in [0.25, 0.3) is 0 Å². The second kappa shape index (κ2) is 11.9. The molecule has 11 rings (SSSR count). The fourth-order valence-electron chi connectivity index (χ4n) is 8.05. The minimum atomic E-state index is 0.876. The van der Waals surface area contributed by atoms with E-state index in [0.29, 0.717) is 0 Å². The molecule has 9 aromatic carbocycles. The molecule has 0 unspecified atom stereocenters. The smallest absolute Gasteiger partial charge is 0.137 e. The Balaban J connectivity index is 1.02. The Bertz CT molecular complexity index is 3160. The normalized spacial score (nSPS) is 11.8. The molecule has 0 spiro atoms. The van der Waals surface area contributed by atoms with Gasteiger partial charge in [0, 0.05) is 59.5 Å². The maximum absolute atomic E-state index is 6.37. The van der Waals surface area contributed by atoms with Gasteiger partial charge in [0.1, 0.15) is 11.2 Å². The van der Waals surface area contributed by atoms with Gasteiger partial charge in [-0.2, -0.15) is 0 Å². The van der Waals surface area contributed by atoms with Crippen molar-refractivity contribution in [3.8, 4) is 22.3 Å². The van der Waals surface area contributed by atoms with Crippen LogP contribution in [0.3, 0.4) is 0 Å². The van der Waals surface area contributed by atoms with E-state index in [2.05, 4.69) is 181 Å². The SMILES string of the molecule is c1ccc2c(-c3ccc(N(c4ccc(-c5ccc6ccc7c8ccccc8sc7c6c5)cc4)c4ccc5c(c4)oc4ccccc45)cc3)cccc2c1. The Labute approximate surface area is 310 Å². The average Bonchev–Trinajstić information content (AvgIpc) is 3.80. The first-order valence-corrected chi connectivity index (χ1v) is 18.8. The zero-order chi connectivity index (χ0) is 34.9. The number of hydrogen-bond acceptors (Lipinski definition) is 3. The Hall–Kier alpha value is -6.68. The first-order valence-electron chi connectivity index (χ1n) is 18.0. The largest absolute Gasteiger partial charge is 0.456 e. The first-order chi connectivity index (χ1) is 26.2. The van der Waals surface area contributed by atoms with Gasteiger partial charge in [-0.1, -0.05) is 127 Å². The van der Waals surface area contributed by atoms with Crippen molar-refractivity contribution in [2.75, 3.05) is 4.90 Å². The van der Waals surface area contributed by atoms with Gasteiger partial charge in [0.05, 0.1) is 0 Å². The molecule has 0 bridgehead atoms. The van der Waals surface area contributed by atoms with Crippen LogP contribution in [0.4, 0.5) is 17.1 Å². The summed E-state index contributed by atoms with van der Waals surface area (Å²) in [6.45, 7) is 0. The molecular formula is C50H31NOS. The molecule has 0 amide bonds. The second-order valence-corrected chi connectivity index (χ2v) is 14.8. The number of thiophene rings is 1. The quantitative estimate of drug-likeness (QED) is 0.178. The number of para-hydroxylation sites is 1. The Kier molecular flexibility index (Phi) is 6.76. The zero-order valence-corrected chi connectivity index (χ0v) is 29.5. The lowest BCUT2D eigenvalue weighted by atomic mass is 9.98. The molecular weight excluding hydrogens is 663 g/mol. The standard InChI is InChI=1S/C50H31NOS/c1-2-10-40-33(8-1)9-7-13-41(40)34-20-25-38(26-21-34)51(39-27-29-43-42-11-3-5-14-47(42)52-48(43)31-39)37-23-18-32(19-24-37)36-17-16-35-22-28-45-44-12-4-6-15-49(44)53-50(45)46(35)30-36/h1-31H. The van der Waals surface area contributed by atoms with Crippen LogP contribution in [0, 0.1) is 0 Å². The lowest BCUT2D eigenvalue weighted by molar-refractivity contribution is 0.669. The van der Waals surface area contributed by atoms with Crippen LogP contribution in [0.15, 0.2) is 192 Å². The summed E-state index contributed by atoms with van der Waals surface area (Å²) in [6, 6.07) is 68.0. The molecule has 0 saturated heterocycles. The summed E-state index contributed by atoms with van der Waals surface area (Å²) in [5.41, 5.74) is 9.80. The van der Waals surface area contributed by atoms with Gasteiger partial charge in [-0.25, -0.2) is 0 Å². The third-order valence-electron chi connectivity index (χ3n) is 10.7. The molecule has 0 atom stereocenters. The van der Waals surface area contributed by atoms with Gasteiger partial charge < -0.3 is 9.32 Å². The van der Waals surface area contributed by atoms with E-state index in [1.54, 1.807) is 0 Å². The van der Waals surface area contributed by atoms with Crippen LogP contribution in [0.25, 0.3) is 85.9 Å². The molecule has 2 aromatic heterocycles. The average molecular weight is 694 g/mol. The van der Waals surface area contributed by atoms with Gasteiger partial charge in [-0.05, 0) is 93.0 Å². The number of hydrogen-bond donors (Lipinski definition) is 0. The van der Waals surface area contributed by atoms with Crippen molar-refractivity contribution >= 4 is 92.1 Å². The van der Waals surface area contributed by atoms with E-state index in [0.717, 1.165) is 39.0 Å². The predicted molar refractivity (Wildman–Crippen MR) is 227 cm³/mol. The van der Waals surface area contributed by atoms with Crippen molar-refractivity contribution < 1.29 is 4.42 Å². The number of benzene rings is 9. The van der Waals surface area contributed by atoms with E-state index in [1.165, 1.54) is 64.0 Å². The Morgan fingerprint density at radius 2 is 0.962 bits per heavy atom. The van der Waals surface area contributed by atoms with Gasteiger partial charge in [-0.3, -0.25) is 0 Å². The molecule has 0 saturated carbocycles. The fraction of sp³-hybridized carbons (Fsp3) is 0. The fourth-order valence-corrected chi connectivity index (χ4v) is 9.28. The van der Waals surface area contributed by atoms with Gasteiger partial charge in [0.2, 0.25) is 0 Å². The molecule has 11 aromatic rings. The van der Waals surface area contributed by atoms with Crippen molar-refractivity contribution in [2.45, 2.75) is 0 Å². The van der Waals surface area contributed by atoms with Gasteiger partial charge >= 0.3 is 0 Å². The lowest BCUT2D eigenvalue weighted by Crippen LogP contribution is -2.09. The second-order valence-electron chi connectivity index (χ2n) is 13.7. The van der Waals surface area contributed by atoms with Crippen molar-refractivity contribution in [1.82, 2.24) is 0 Å². The van der Waals surface area contributed by atoms with E-state index in [9.17, 15) is 0 Å². The van der Waals surface area contributed by atoms with Gasteiger partial charge in [-0.15, -0.1) is 11.3 Å². The minimum Gasteiger partial charge on any atom is -0.456 e. The number of furan rings is 1. The summed E-state index contributed by atoms with van der Waals surface area (Å²) in [4.78, 5) is 2.32. The Morgan fingerprint density at radius 1 is 0.358 bits per heavy atom. The van der Waals surface area contributed by atoms with Crippen LogP contribution >= 0.6 is 11.3 Å². The summed E-state index contributed by atoms with van der Waals surface area (Å²) in [7, 11) is 0. The maximum Gasteiger partial charge on any atom is 0.137 e. The van der Waals surface area contributed by atoms with E-state index in [-0.39, 0.29) is 0 Å². The highest BCUT2D eigenvalue weighted by Gasteiger charge is 2.17. The van der Waals surface area contributed by atoms with E-state index >= 15 is 0 Å². The molecule has 0 aliphatic rings. The van der Waals surface area contributed by atoms with E-state index in [1.807, 2.05) is 23.5 Å². The third-order valence-corrected chi connectivity index (χ3v) is 11.9. The maximum atomic E-state index is 6.37. The summed E-state index contributed by atoms with van der Waals surface area (Å²) in [5.74, 6) is 0. The van der Waals surface area contributed by atoms with Crippen LogP contribution in [0.1, 0.15) is 0 Å². The highest BCUT2D eigenvalue weighted by atomic mass is 32.1. The molecule has 248 valence electrons. The third kappa shape index (κ3) is 4.93. The molecule has 0 aliphatic heterocycles. The predicted octanol–water partition coefficient (Wildman–Crippen LogP) is 15.1. The monoisotopic (exact) mass is 693 g/mol. The number of rotatable bonds is 5. The van der Waals surface area contributed by atoms with E-state index < -0.39 is 0 Å². The van der Waals surface area contributed by atoms with Crippen LogP contribution in [0.2, 0.25) is 0 Å². The molecule has 0 radical (unpaired) electrons. The van der Waals surface area contributed by atoms with Crippen LogP contribution in [0.5, 0.6) is 0 Å². The molecule has 0 fully saturated rings. The van der Waals surface area contributed by atoms with Crippen LogP contribution < -0.4 is 4.90 Å². The minimum absolute atomic E-state index is 0.876. The van der Waals surface area contributed by atoms with Crippen molar-refractivity contribution in [3.63, 3.8) is 0 Å². The number of anilines is 3. The molecule has 53 heavy (non-hydrogen) atoms. The Morgan fingerprint density at radius 3 is 1.81 bits per heavy atom. The molecule has 2 heterocycles. The molecule has 3 heteroatoms. The lowest BCUT2D eigenvalue weighted by Gasteiger charge is -2.26. The number of nitrogens with zero attached hydrogens (tertiary/aromatic N) is 1. The number of fused-ring (bicyclic) bond motifs is 9. The van der Waals surface area contributed by atoms with Crippen molar-refractivity contribution in [3.05, 3.63) is 188 Å². The highest BCUT2D eigenvalue weighted by molar-refractivity contribution is 7.26. The summed E-state index contributed by atoms with van der Waals surface area (Å²) < 4.78 is 9.05. The van der Waals surface area contributed by atoms with Crippen LogP contribution in [-0.4, -0.2) is 0 Å².